The van der Waals surface area contributed by atoms with Gasteiger partial charge in [-0.15, -0.1) is 17.5 Å². The summed E-state index contributed by atoms with van der Waals surface area (Å²) in [4.78, 5) is 14.3. The SMILES string of the molecule is Cc1cccc(-n2cc(C(=O)N(C)C3CCNCC3)nn2)c1.Cl. The molecule has 7 heteroatoms. The molecule has 0 aliphatic carbocycles. The van der Waals surface area contributed by atoms with Gasteiger partial charge < -0.3 is 10.2 Å². The molecule has 0 bridgehead atoms. The summed E-state index contributed by atoms with van der Waals surface area (Å²) in [6.45, 7) is 3.94. The number of rotatable bonds is 3. The Bertz CT molecular complexity index is 666. The minimum Gasteiger partial charge on any atom is -0.337 e. The van der Waals surface area contributed by atoms with Gasteiger partial charge >= 0.3 is 0 Å². The van der Waals surface area contributed by atoms with Gasteiger partial charge in [0.2, 0.25) is 0 Å². The van der Waals surface area contributed by atoms with Crippen LogP contribution >= 0.6 is 12.4 Å². The fourth-order valence-corrected chi connectivity index (χ4v) is 2.80. The Morgan fingerprint density at radius 1 is 1.35 bits per heavy atom. The molecule has 1 aliphatic heterocycles. The van der Waals surface area contributed by atoms with Gasteiger partial charge in [-0.05, 0) is 50.6 Å². The van der Waals surface area contributed by atoms with Crippen molar-refractivity contribution in [3.05, 3.63) is 41.7 Å². The summed E-state index contributed by atoms with van der Waals surface area (Å²) in [6, 6.07) is 8.23. The third-order valence-electron chi connectivity index (χ3n) is 4.16. The van der Waals surface area contributed by atoms with Gasteiger partial charge in [0.1, 0.15) is 0 Å². The molecule has 124 valence electrons. The minimum atomic E-state index is -0.0641. The largest absolute Gasteiger partial charge is 0.337 e. The van der Waals surface area contributed by atoms with Gasteiger partial charge in [0, 0.05) is 13.1 Å². The second-order valence-corrected chi connectivity index (χ2v) is 5.78. The molecule has 1 fully saturated rings. The zero-order valence-electron chi connectivity index (χ0n) is 13.4. The van der Waals surface area contributed by atoms with Crippen LogP contribution < -0.4 is 5.32 Å². The van der Waals surface area contributed by atoms with E-state index in [9.17, 15) is 4.79 Å². The van der Waals surface area contributed by atoms with E-state index in [1.165, 1.54) is 0 Å². The second-order valence-electron chi connectivity index (χ2n) is 5.78. The van der Waals surface area contributed by atoms with Crippen LogP contribution in [0.25, 0.3) is 5.69 Å². The van der Waals surface area contributed by atoms with E-state index in [1.54, 1.807) is 15.8 Å². The summed E-state index contributed by atoms with van der Waals surface area (Å²) >= 11 is 0. The maximum atomic E-state index is 12.5. The van der Waals surface area contributed by atoms with Crippen LogP contribution in [0.1, 0.15) is 28.9 Å². The van der Waals surface area contributed by atoms with E-state index in [2.05, 4.69) is 15.6 Å². The van der Waals surface area contributed by atoms with Crippen molar-refractivity contribution in [3.8, 4) is 5.69 Å². The number of hydrogen-bond acceptors (Lipinski definition) is 4. The van der Waals surface area contributed by atoms with E-state index in [4.69, 9.17) is 0 Å². The summed E-state index contributed by atoms with van der Waals surface area (Å²) in [5.41, 5.74) is 2.45. The highest BCUT2D eigenvalue weighted by Crippen LogP contribution is 2.14. The molecule has 1 saturated heterocycles. The van der Waals surface area contributed by atoms with E-state index in [0.29, 0.717) is 5.69 Å². The smallest absolute Gasteiger partial charge is 0.276 e. The second kappa shape index (κ2) is 7.57. The highest BCUT2D eigenvalue weighted by Gasteiger charge is 2.24. The maximum absolute atomic E-state index is 12.5. The van der Waals surface area contributed by atoms with E-state index in [-0.39, 0.29) is 24.4 Å². The molecule has 1 amide bonds. The van der Waals surface area contributed by atoms with Gasteiger partial charge in [0.15, 0.2) is 5.69 Å². The van der Waals surface area contributed by atoms with Gasteiger partial charge in [0.05, 0.1) is 11.9 Å². The van der Waals surface area contributed by atoms with E-state index in [0.717, 1.165) is 37.2 Å². The molecular weight excluding hydrogens is 314 g/mol. The first kappa shape index (κ1) is 17.4. The molecule has 2 heterocycles. The summed E-state index contributed by atoms with van der Waals surface area (Å²) < 4.78 is 1.65. The molecule has 1 N–H and O–H groups in total. The molecule has 0 unspecified atom stereocenters. The van der Waals surface area contributed by atoms with E-state index >= 15 is 0 Å². The third kappa shape index (κ3) is 3.89. The fourth-order valence-electron chi connectivity index (χ4n) is 2.80. The summed E-state index contributed by atoms with van der Waals surface area (Å²) in [7, 11) is 1.85. The van der Waals surface area contributed by atoms with Crippen LogP contribution in [0.15, 0.2) is 30.5 Å². The van der Waals surface area contributed by atoms with Crippen LogP contribution in [0.4, 0.5) is 0 Å². The van der Waals surface area contributed by atoms with Gasteiger partial charge in [-0.1, -0.05) is 17.3 Å². The van der Waals surface area contributed by atoms with Crippen molar-refractivity contribution in [1.29, 1.82) is 0 Å². The zero-order chi connectivity index (χ0) is 15.5. The van der Waals surface area contributed by atoms with Crippen LogP contribution in [-0.2, 0) is 0 Å². The number of carbonyl (C=O) groups excluding carboxylic acids is 1. The number of piperidine rings is 1. The van der Waals surface area contributed by atoms with Crippen molar-refractivity contribution in [2.75, 3.05) is 20.1 Å². The van der Waals surface area contributed by atoms with Crippen LogP contribution in [0.2, 0.25) is 0 Å². The Morgan fingerprint density at radius 3 is 2.78 bits per heavy atom. The summed E-state index contributed by atoms with van der Waals surface area (Å²) in [5, 5.41) is 11.4. The number of benzene rings is 1. The fraction of sp³-hybridized carbons (Fsp3) is 0.438. The lowest BCUT2D eigenvalue weighted by Gasteiger charge is -2.31. The highest BCUT2D eigenvalue weighted by molar-refractivity contribution is 5.92. The molecule has 1 aromatic carbocycles. The Hall–Kier alpha value is -1.92. The number of amides is 1. The number of nitrogens with one attached hydrogen (secondary N) is 1. The molecule has 6 nitrogen and oxygen atoms in total. The molecule has 0 saturated carbocycles. The monoisotopic (exact) mass is 335 g/mol. The van der Waals surface area contributed by atoms with Crippen LogP contribution in [0.3, 0.4) is 0 Å². The Balaban J connectivity index is 0.00000192. The van der Waals surface area contributed by atoms with Gasteiger partial charge in [0.25, 0.3) is 5.91 Å². The van der Waals surface area contributed by atoms with E-state index in [1.807, 2.05) is 38.2 Å². The molecule has 3 rings (SSSR count). The zero-order valence-corrected chi connectivity index (χ0v) is 14.2. The molecule has 23 heavy (non-hydrogen) atoms. The van der Waals surface area contributed by atoms with Crippen molar-refractivity contribution in [2.24, 2.45) is 0 Å². The van der Waals surface area contributed by atoms with Crippen LogP contribution in [0.5, 0.6) is 0 Å². The predicted octanol–water partition coefficient (Wildman–Crippen LogP) is 1.82. The third-order valence-corrected chi connectivity index (χ3v) is 4.16. The van der Waals surface area contributed by atoms with Gasteiger partial charge in [-0.3, -0.25) is 4.79 Å². The molecular formula is C16H22ClN5O. The number of hydrogen-bond donors (Lipinski definition) is 1. The average Bonchev–Trinajstić information content (AvgIpc) is 3.04. The molecule has 0 spiro atoms. The predicted molar refractivity (Wildman–Crippen MR) is 91.3 cm³/mol. The number of aryl methyl sites for hydroxylation is 1. The number of aromatic nitrogens is 3. The summed E-state index contributed by atoms with van der Waals surface area (Å²) in [6.07, 6.45) is 3.66. The Labute approximate surface area is 142 Å². The average molecular weight is 336 g/mol. The number of nitrogens with zero attached hydrogens (tertiary/aromatic N) is 4. The lowest BCUT2D eigenvalue weighted by atomic mass is 10.1. The van der Waals surface area contributed by atoms with Crippen molar-refractivity contribution < 1.29 is 4.79 Å². The number of carbonyl (C=O) groups is 1. The van der Waals surface area contributed by atoms with Crippen molar-refractivity contribution in [1.82, 2.24) is 25.2 Å². The number of halogens is 1. The summed E-state index contributed by atoms with van der Waals surface area (Å²) in [5.74, 6) is -0.0641. The first-order valence-corrected chi connectivity index (χ1v) is 7.62. The minimum absolute atomic E-state index is 0. The van der Waals surface area contributed by atoms with Crippen LogP contribution in [0, 0.1) is 6.92 Å². The first-order chi connectivity index (χ1) is 10.6. The highest BCUT2D eigenvalue weighted by atomic mass is 35.5. The lowest BCUT2D eigenvalue weighted by molar-refractivity contribution is 0.0697. The molecule has 0 atom stereocenters. The quantitative estimate of drug-likeness (QED) is 0.929. The van der Waals surface area contributed by atoms with Crippen molar-refractivity contribution >= 4 is 18.3 Å². The molecule has 1 aromatic heterocycles. The molecule has 2 aromatic rings. The Morgan fingerprint density at radius 2 is 2.09 bits per heavy atom. The first-order valence-electron chi connectivity index (χ1n) is 7.62. The molecule has 0 radical (unpaired) electrons. The molecule has 1 aliphatic rings. The van der Waals surface area contributed by atoms with Gasteiger partial charge in [-0.2, -0.15) is 0 Å². The Kier molecular flexibility index (Phi) is 5.74. The maximum Gasteiger partial charge on any atom is 0.276 e. The van der Waals surface area contributed by atoms with Crippen LogP contribution in [-0.4, -0.2) is 52.0 Å². The topological polar surface area (TPSA) is 63.1 Å². The lowest BCUT2D eigenvalue weighted by Crippen LogP contribution is -2.44. The normalized spacial score (nSPS) is 15.0. The van der Waals surface area contributed by atoms with Crippen molar-refractivity contribution in [3.63, 3.8) is 0 Å². The van der Waals surface area contributed by atoms with Gasteiger partial charge in [-0.25, -0.2) is 4.68 Å². The standard InChI is InChI=1S/C16H21N5O.ClH/c1-12-4-3-5-14(10-12)21-11-15(18-19-21)16(22)20(2)13-6-8-17-9-7-13;/h3-5,10-11,13,17H,6-9H2,1-2H3;1H. The van der Waals surface area contributed by atoms with Crippen molar-refractivity contribution in [2.45, 2.75) is 25.8 Å². The van der Waals surface area contributed by atoms with E-state index < -0.39 is 0 Å².